The normalized spacial score (nSPS) is 18.4. The van der Waals surface area contributed by atoms with Crippen molar-refractivity contribution in [3.63, 3.8) is 0 Å². The van der Waals surface area contributed by atoms with Crippen molar-refractivity contribution >= 4 is 33.5 Å². The summed E-state index contributed by atoms with van der Waals surface area (Å²) >= 11 is 5.98. The van der Waals surface area contributed by atoms with Gasteiger partial charge in [-0.2, -0.15) is 4.31 Å². The lowest BCUT2D eigenvalue weighted by Crippen LogP contribution is -2.51. The standard InChI is InChI=1S/C14H18ClN3O6S/c1-25(22,23)18(9-13(19)20)8-10-7-17(4-5-24-10)14(21)11-2-3-16-6-12(11)15/h2-3,6,10H,4-5,7-9H2,1H3,(H,19,20)/t10-/m1/s1. The van der Waals surface area contributed by atoms with Gasteiger partial charge in [-0.25, -0.2) is 8.42 Å². The van der Waals surface area contributed by atoms with Crippen molar-refractivity contribution in [1.82, 2.24) is 14.2 Å². The van der Waals surface area contributed by atoms with Gasteiger partial charge >= 0.3 is 5.97 Å². The second-order valence-electron chi connectivity index (χ2n) is 5.55. The second-order valence-corrected chi connectivity index (χ2v) is 7.94. The fourth-order valence-electron chi connectivity index (χ4n) is 2.43. The molecule has 0 aliphatic carbocycles. The van der Waals surface area contributed by atoms with E-state index in [1.807, 2.05) is 0 Å². The molecule has 0 unspecified atom stereocenters. The smallest absolute Gasteiger partial charge is 0.318 e. The molecule has 1 saturated heterocycles. The minimum Gasteiger partial charge on any atom is -0.480 e. The molecule has 9 nitrogen and oxygen atoms in total. The number of halogens is 1. The Balaban J connectivity index is 2.08. The molecule has 25 heavy (non-hydrogen) atoms. The first kappa shape index (κ1) is 19.6. The number of carboxylic acids is 1. The molecule has 1 aromatic heterocycles. The van der Waals surface area contributed by atoms with Crippen LogP contribution in [0.15, 0.2) is 18.5 Å². The van der Waals surface area contributed by atoms with Gasteiger partial charge in [0.15, 0.2) is 0 Å². The molecule has 1 aromatic rings. The highest BCUT2D eigenvalue weighted by atomic mass is 35.5. The first-order valence-corrected chi connectivity index (χ1v) is 9.58. The van der Waals surface area contributed by atoms with Gasteiger partial charge in [0.2, 0.25) is 10.0 Å². The third-order valence-electron chi connectivity index (χ3n) is 3.62. The monoisotopic (exact) mass is 391 g/mol. The summed E-state index contributed by atoms with van der Waals surface area (Å²) in [5, 5.41) is 9.09. The number of aliphatic carboxylic acids is 1. The lowest BCUT2D eigenvalue weighted by atomic mass is 10.2. The summed E-state index contributed by atoms with van der Waals surface area (Å²) < 4.78 is 29.8. The highest BCUT2D eigenvalue weighted by molar-refractivity contribution is 7.88. The van der Waals surface area contributed by atoms with E-state index in [0.29, 0.717) is 12.1 Å². The molecule has 0 spiro atoms. The van der Waals surface area contributed by atoms with Crippen LogP contribution in [0.4, 0.5) is 0 Å². The van der Waals surface area contributed by atoms with Crippen LogP contribution in [0, 0.1) is 0 Å². The lowest BCUT2D eigenvalue weighted by molar-refractivity contribution is -0.137. The van der Waals surface area contributed by atoms with E-state index in [1.54, 1.807) is 0 Å². The van der Waals surface area contributed by atoms with E-state index in [4.69, 9.17) is 21.4 Å². The third kappa shape index (κ3) is 5.36. The van der Waals surface area contributed by atoms with E-state index in [2.05, 4.69) is 4.98 Å². The maximum atomic E-state index is 12.6. The number of carboxylic acid groups (broad SMARTS) is 1. The average Bonchev–Trinajstić information content (AvgIpc) is 2.53. The summed E-state index contributed by atoms with van der Waals surface area (Å²) in [6.07, 6.45) is 3.12. The van der Waals surface area contributed by atoms with Gasteiger partial charge in [-0.1, -0.05) is 11.6 Å². The predicted octanol–water partition coefficient (Wildman–Crippen LogP) is -0.0778. The zero-order valence-corrected chi connectivity index (χ0v) is 15.0. The number of carbonyl (C=O) groups is 2. The molecule has 1 amide bonds. The molecule has 1 aliphatic rings. The summed E-state index contributed by atoms with van der Waals surface area (Å²) in [4.78, 5) is 28.7. The van der Waals surface area contributed by atoms with Crippen molar-refractivity contribution < 1.29 is 27.9 Å². The third-order valence-corrected chi connectivity index (χ3v) is 5.13. The van der Waals surface area contributed by atoms with Gasteiger partial charge in [-0.15, -0.1) is 0 Å². The maximum Gasteiger partial charge on any atom is 0.318 e. The molecule has 0 bridgehead atoms. The highest BCUT2D eigenvalue weighted by Gasteiger charge is 2.30. The van der Waals surface area contributed by atoms with E-state index in [-0.39, 0.29) is 30.6 Å². The minimum atomic E-state index is -3.72. The van der Waals surface area contributed by atoms with Gasteiger partial charge in [0.05, 0.1) is 29.6 Å². The number of aromatic nitrogens is 1. The Hall–Kier alpha value is -1.75. The van der Waals surface area contributed by atoms with Crippen LogP contribution in [0.25, 0.3) is 0 Å². The van der Waals surface area contributed by atoms with Gasteiger partial charge in [0, 0.05) is 32.0 Å². The Morgan fingerprint density at radius 3 is 2.84 bits per heavy atom. The Morgan fingerprint density at radius 2 is 2.24 bits per heavy atom. The highest BCUT2D eigenvalue weighted by Crippen LogP contribution is 2.18. The summed E-state index contributed by atoms with van der Waals surface area (Å²) in [6.45, 7) is -0.152. The van der Waals surface area contributed by atoms with Crippen LogP contribution in [-0.4, -0.2) is 84.7 Å². The van der Waals surface area contributed by atoms with Crippen LogP contribution < -0.4 is 0 Å². The topological polar surface area (TPSA) is 117 Å². The van der Waals surface area contributed by atoms with Gasteiger partial charge in [-0.3, -0.25) is 14.6 Å². The van der Waals surface area contributed by atoms with E-state index in [9.17, 15) is 18.0 Å². The molecule has 138 valence electrons. The number of sulfonamides is 1. The number of nitrogens with zero attached hydrogens (tertiary/aromatic N) is 3. The molecule has 1 fully saturated rings. The Labute approximate surface area is 150 Å². The molecule has 1 atom stereocenters. The number of hydrogen-bond donors (Lipinski definition) is 1. The van der Waals surface area contributed by atoms with Crippen LogP contribution in [0.3, 0.4) is 0 Å². The fraction of sp³-hybridized carbons (Fsp3) is 0.500. The van der Waals surface area contributed by atoms with E-state index >= 15 is 0 Å². The number of hydrogen-bond acceptors (Lipinski definition) is 6. The Kier molecular flexibility index (Phi) is 6.33. The minimum absolute atomic E-state index is 0.128. The van der Waals surface area contributed by atoms with Crippen LogP contribution in [-0.2, 0) is 19.6 Å². The molecule has 11 heteroatoms. The lowest BCUT2D eigenvalue weighted by Gasteiger charge is -2.35. The van der Waals surface area contributed by atoms with Crippen LogP contribution in [0.5, 0.6) is 0 Å². The molecule has 0 saturated carbocycles. The summed E-state index contributed by atoms with van der Waals surface area (Å²) in [5.41, 5.74) is 0.294. The van der Waals surface area contributed by atoms with Crippen molar-refractivity contribution in [3.05, 3.63) is 29.0 Å². The molecule has 2 heterocycles. The van der Waals surface area contributed by atoms with Gasteiger partial charge in [0.1, 0.15) is 6.54 Å². The van der Waals surface area contributed by atoms with Crippen molar-refractivity contribution in [2.45, 2.75) is 6.10 Å². The molecule has 2 rings (SSSR count). The number of morpholine rings is 1. The summed E-state index contributed by atoms with van der Waals surface area (Å²) in [6, 6.07) is 1.50. The molecular formula is C14H18ClN3O6S. The average molecular weight is 392 g/mol. The molecule has 1 aliphatic heterocycles. The Bertz CT molecular complexity index is 757. The number of pyridine rings is 1. The van der Waals surface area contributed by atoms with Crippen molar-refractivity contribution in [2.24, 2.45) is 0 Å². The predicted molar refractivity (Wildman–Crippen MR) is 88.9 cm³/mol. The molecule has 0 radical (unpaired) electrons. The van der Waals surface area contributed by atoms with Crippen molar-refractivity contribution in [3.8, 4) is 0 Å². The molecular weight excluding hydrogens is 374 g/mol. The number of ether oxygens (including phenoxy) is 1. The van der Waals surface area contributed by atoms with E-state index in [0.717, 1.165) is 10.6 Å². The largest absolute Gasteiger partial charge is 0.480 e. The summed E-state index contributed by atoms with van der Waals surface area (Å²) in [7, 11) is -3.72. The van der Waals surface area contributed by atoms with Gasteiger partial charge in [-0.05, 0) is 6.07 Å². The fourth-order valence-corrected chi connectivity index (χ4v) is 3.41. The quantitative estimate of drug-likeness (QED) is 0.720. The Morgan fingerprint density at radius 1 is 1.52 bits per heavy atom. The zero-order chi connectivity index (χ0) is 18.6. The van der Waals surface area contributed by atoms with Crippen LogP contribution in [0.2, 0.25) is 5.02 Å². The second kappa shape index (κ2) is 8.09. The van der Waals surface area contributed by atoms with Crippen LogP contribution >= 0.6 is 11.6 Å². The first-order chi connectivity index (χ1) is 11.7. The summed E-state index contributed by atoms with van der Waals surface area (Å²) in [5.74, 6) is -1.58. The first-order valence-electron chi connectivity index (χ1n) is 7.36. The molecule has 0 aromatic carbocycles. The van der Waals surface area contributed by atoms with E-state index in [1.165, 1.54) is 23.4 Å². The maximum absolute atomic E-state index is 12.6. The number of carbonyl (C=O) groups excluding carboxylic acids is 1. The van der Waals surface area contributed by atoms with Gasteiger partial charge in [0.25, 0.3) is 5.91 Å². The molecule has 1 N–H and O–H groups in total. The number of rotatable bonds is 6. The zero-order valence-electron chi connectivity index (χ0n) is 13.5. The van der Waals surface area contributed by atoms with Crippen LogP contribution in [0.1, 0.15) is 10.4 Å². The van der Waals surface area contributed by atoms with Gasteiger partial charge < -0.3 is 14.7 Å². The van der Waals surface area contributed by atoms with Crippen molar-refractivity contribution in [1.29, 1.82) is 0 Å². The van der Waals surface area contributed by atoms with Crippen molar-refractivity contribution in [2.75, 3.05) is 39.0 Å². The number of amides is 1. The van der Waals surface area contributed by atoms with E-state index < -0.39 is 28.6 Å². The SMILES string of the molecule is CS(=O)(=O)N(CC(=O)O)C[C@H]1CN(C(=O)c2ccncc2Cl)CCO1.